The standard InChI is InChI=1S/C18H29N3O3.CH2O2/c1-18(2,3)24-17(22)21-9-7-13(8-10-21)11-15(19)14-5-6-16(23-4)20-12-14;2-1-3/h5-6,12-13,15H,7-11,19H2,1-4H3;1H,(H,2,3). The highest BCUT2D eigenvalue weighted by molar-refractivity contribution is 5.68. The summed E-state index contributed by atoms with van der Waals surface area (Å²) in [5.41, 5.74) is 6.88. The van der Waals surface area contributed by atoms with Gasteiger partial charge in [-0.25, -0.2) is 9.78 Å². The molecule has 0 saturated carbocycles. The minimum Gasteiger partial charge on any atom is -0.483 e. The van der Waals surface area contributed by atoms with Gasteiger partial charge in [-0.05, 0) is 51.5 Å². The molecule has 2 rings (SSSR count). The van der Waals surface area contributed by atoms with Crippen LogP contribution < -0.4 is 10.5 Å². The van der Waals surface area contributed by atoms with Crippen molar-refractivity contribution in [3.63, 3.8) is 0 Å². The minimum absolute atomic E-state index is 0.0403. The summed E-state index contributed by atoms with van der Waals surface area (Å²) in [6, 6.07) is 3.76. The molecule has 2 heterocycles. The van der Waals surface area contributed by atoms with Crippen molar-refractivity contribution in [3.05, 3.63) is 23.9 Å². The smallest absolute Gasteiger partial charge is 0.410 e. The molecule has 1 aromatic heterocycles. The zero-order valence-electron chi connectivity index (χ0n) is 16.6. The summed E-state index contributed by atoms with van der Waals surface area (Å²) < 4.78 is 10.5. The molecule has 0 aromatic carbocycles. The van der Waals surface area contributed by atoms with E-state index in [0.717, 1.165) is 37.9 Å². The van der Waals surface area contributed by atoms with E-state index in [-0.39, 0.29) is 18.6 Å². The molecule has 1 aliphatic rings. The number of carbonyl (C=O) groups excluding carboxylic acids is 1. The lowest BCUT2D eigenvalue weighted by molar-refractivity contribution is -0.122. The maximum absolute atomic E-state index is 12.1. The fourth-order valence-corrected chi connectivity index (χ4v) is 2.90. The predicted octanol–water partition coefficient (Wildman–Crippen LogP) is 2.83. The van der Waals surface area contributed by atoms with E-state index in [1.807, 2.05) is 32.9 Å². The molecule has 1 unspecified atom stereocenters. The van der Waals surface area contributed by atoms with Gasteiger partial charge in [0, 0.05) is 31.4 Å². The Kier molecular flexibility index (Phi) is 9.00. The number of nitrogens with zero attached hydrogens (tertiary/aromatic N) is 2. The third kappa shape index (κ3) is 8.25. The molecule has 152 valence electrons. The van der Waals surface area contributed by atoms with Crippen molar-refractivity contribution in [1.82, 2.24) is 9.88 Å². The van der Waals surface area contributed by atoms with E-state index < -0.39 is 5.60 Å². The number of ether oxygens (including phenoxy) is 2. The molecule has 8 heteroatoms. The second kappa shape index (κ2) is 10.7. The monoisotopic (exact) mass is 381 g/mol. The van der Waals surface area contributed by atoms with Gasteiger partial charge in [-0.2, -0.15) is 0 Å². The summed E-state index contributed by atoms with van der Waals surface area (Å²) in [7, 11) is 1.60. The number of hydrogen-bond acceptors (Lipinski definition) is 6. The van der Waals surface area contributed by atoms with Gasteiger partial charge in [0.25, 0.3) is 6.47 Å². The van der Waals surface area contributed by atoms with Gasteiger partial charge in [0.05, 0.1) is 7.11 Å². The third-order valence-electron chi connectivity index (χ3n) is 4.25. The summed E-state index contributed by atoms with van der Waals surface area (Å²) in [4.78, 5) is 26.4. The Morgan fingerprint density at radius 3 is 2.44 bits per heavy atom. The van der Waals surface area contributed by atoms with Gasteiger partial charge >= 0.3 is 6.09 Å². The van der Waals surface area contributed by atoms with Crippen molar-refractivity contribution in [1.29, 1.82) is 0 Å². The summed E-state index contributed by atoms with van der Waals surface area (Å²) in [5, 5.41) is 6.89. The van der Waals surface area contributed by atoms with E-state index in [1.54, 1.807) is 18.2 Å². The number of carbonyl (C=O) groups is 2. The predicted molar refractivity (Wildman–Crippen MR) is 102 cm³/mol. The number of methoxy groups -OCH3 is 1. The topological polar surface area (TPSA) is 115 Å². The SMILES string of the molecule is COc1ccc(C(N)CC2CCN(C(=O)OC(C)(C)C)CC2)cn1.O=CO. The largest absolute Gasteiger partial charge is 0.483 e. The van der Waals surface area contributed by atoms with Crippen molar-refractivity contribution in [2.75, 3.05) is 20.2 Å². The molecule has 8 nitrogen and oxygen atoms in total. The van der Waals surface area contributed by atoms with Crippen LogP contribution >= 0.6 is 0 Å². The van der Waals surface area contributed by atoms with Crippen LogP contribution in [0.5, 0.6) is 5.88 Å². The van der Waals surface area contributed by atoms with E-state index >= 15 is 0 Å². The zero-order chi connectivity index (χ0) is 20.4. The van der Waals surface area contributed by atoms with Crippen molar-refractivity contribution in [2.24, 2.45) is 11.7 Å². The van der Waals surface area contributed by atoms with Gasteiger partial charge in [0.1, 0.15) is 5.60 Å². The first-order valence-corrected chi connectivity index (χ1v) is 9.01. The third-order valence-corrected chi connectivity index (χ3v) is 4.25. The fourth-order valence-electron chi connectivity index (χ4n) is 2.90. The average Bonchev–Trinajstić information content (AvgIpc) is 2.61. The molecule has 0 radical (unpaired) electrons. The second-order valence-corrected chi connectivity index (χ2v) is 7.49. The number of likely N-dealkylation sites (tertiary alicyclic amines) is 1. The number of hydrogen-bond donors (Lipinski definition) is 2. The van der Waals surface area contributed by atoms with Crippen LogP contribution in [-0.4, -0.2) is 53.4 Å². The maximum Gasteiger partial charge on any atom is 0.410 e. The highest BCUT2D eigenvalue weighted by Gasteiger charge is 2.27. The molecule has 1 aliphatic heterocycles. The summed E-state index contributed by atoms with van der Waals surface area (Å²) >= 11 is 0. The van der Waals surface area contributed by atoms with Crippen LogP contribution in [0.25, 0.3) is 0 Å². The molecule has 0 spiro atoms. The Morgan fingerprint density at radius 2 is 2.00 bits per heavy atom. The van der Waals surface area contributed by atoms with Gasteiger partial charge in [-0.1, -0.05) is 6.07 Å². The summed E-state index contributed by atoms with van der Waals surface area (Å²) in [6.07, 6.45) is 4.37. The Hall–Kier alpha value is -2.35. The van der Waals surface area contributed by atoms with Crippen LogP contribution in [-0.2, 0) is 9.53 Å². The van der Waals surface area contributed by atoms with E-state index in [0.29, 0.717) is 11.8 Å². The van der Waals surface area contributed by atoms with Crippen LogP contribution in [0.15, 0.2) is 18.3 Å². The molecule has 0 aliphatic carbocycles. The molecule has 27 heavy (non-hydrogen) atoms. The normalized spacial score (nSPS) is 16.0. The average molecular weight is 381 g/mol. The Bertz CT molecular complexity index is 578. The molecule has 1 fully saturated rings. The number of piperidine rings is 1. The Balaban J connectivity index is 0.00000114. The fraction of sp³-hybridized carbons (Fsp3) is 0.632. The van der Waals surface area contributed by atoms with Crippen molar-refractivity contribution in [2.45, 2.75) is 51.7 Å². The highest BCUT2D eigenvalue weighted by atomic mass is 16.6. The summed E-state index contributed by atoms with van der Waals surface area (Å²) in [5.74, 6) is 1.11. The molecule has 1 saturated heterocycles. The Morgan fingerprint density at radius 1 is 1.41 bits per heavy atom. The zero-order valence-corrected chi connectivity index (χ0v) is 16.6. The van der Waals surface area contributed by atoms with Crippen LogP contribution in [0, 0.1) is 5.92 Å². The lowest BCUT2D eigenvalue weighted by Gasteiger charge is -2.34. The molecule has 1 aromatic rings. The lowest BCUT2D eigenvalue weighted by atomic mass is 9.88. The number of carboxylic acid groups (broad SMARTS) is 1. The van der Waals surface area contributed by atoms with Crippen LogP contribution in [0.4, 0.5) is 4.79 Å². The first kappa shape index (κ1) is 22.7. The van der Waals surface area contributed by atoms with Crippen molar-refractivity contribution >= 4 is 12.6 Å². The van der Waals surface area contributed by atoms with Gasteiger partial charge in [-0.15, -0.1) is 0 Å². The summed E-state index contributed by atoms with van der Waals surface area (Å²) in [6.45, 7) is 6.87. The van der Waals surface area contributed by atoms with Crippen molar-refractivity contribution < 1.29 is 24.2 Å². The Labute approximate surface area is 160 Å². The first-order valence-electron chi connectivity index (χ1n) is 9.01. The maximum atomic E-state index is 12.1. The van der Waals surface area contributed by atoms with Crippen LogP contribution in [0.2, 0.25) is 0 Å². The van der Waals surface area contributed by atoms with E-state index in [9.17, 15) is 4.79 Å². The molecular formula is C19H31N3O5. The van der Waals surface area contributed by atoms with Crippen molar-refractivity contribution in [3.8, 4) is 5.88 Å². The van der Waals surface area contributed by atoms with E-state index in [1.165, 1.54) is 0 Å². The quantitative estimate of drug-likeness (QED) is 0.771. The molecule has 0 bridgehead atoms. The number of nitrogens with two attached hydrogens (primary N) is 1. The molecular weight excluding hydrogens is 350 g/mol. The number of amides is 1. The van der Waals surface area contributed by atoms with Gasteiger partial charge < -0.3 is 25.2 Å². The van der Waals surface area contributed by atoms with E-state index in [2.05, 4.69) is 4.98 Å². The van der Waals surface area contributed by atoms with E-state index in [4.69, 9.17) is 25.1 Å². The van der Waals surface area contributed by atoms with Gasteiger partial charge in [0.2, 0.25) is 5.88 Å². The molecule has 1 atom stereocenters. The van der Waals surface area contributed by atoms with Crippen LogP contribution in [0.3, 0.4) is 0 Å². The molecule has 1 amide bonds. The molecule has 3 N–H and O–H groups in total. The number of pyridine rings is 1. The van der Waals surface area contributed by atoms with Gasteiger partial charge in [-0.3, -0.25) is 4.79 Å². The lowest BCUT2D eigenvalue weighted by Crippen LogP contribution is -2.42. The second-order valence-electron chi connectivity index (χ2n) is 7.49. The highest BCUT2D eigenvalue weighted by Crippen LogP contribution is 2.28. The number of aromatic nitrogens is 1. The van der Waals surface area contributed by atoms with Crippen LogP contribution in [0.1, 0.15) is 51.6 Å². The first-order chi connectivity index (χ1) is 12.7. The number of rotatable bonds is 4. The minimum atomic E-state index is -0.447. The van der Waals surface area contributed by atoms with Gasteiger partial charge in [0.15, 0.2) is 0 Å².